The average Bonchev–Trinajstić information content (AvgIpc) is 3.20. The van der Waals surface area contributed by atoms with Gasteiger partial charge in [0, 0.05) is 38.8 Å². The molecule has 0 unspecified atom stereocenters. The summed E-state index contributed by atoms with van der Waals surface area (Å²) in [4.78, 5) is 15.9. The maximum Gasteiger partial charge on any atom is 0.260 e. The molecule has 0 spiro atoms. The second-order valence-corrected chi connectivity index (χ2v) is 6.93. The van der Waals surface area contributed by atoms with E-state index in [9.17, 15) is 22.4 Å². The molecule has 0 bridgehead atoms. The summed E-state index contributed by atoms with van der Waals surface area (Å²) in [7, 11) is 0. The smallest absolute Gasteiger partial charge is 0.260 e. The number of halogens is 4. The van der Waals surface area contributed by atoms with Crippen molar-refractivity contribution in [2.75, 3.05) is 39.6 Å². The van der Waals surface area contributed by atoms with Crippen LogP contribution >= 0.6 is 0 Å². The molecule has 0 radical (unpaired) electrons. The van der Waals surface area contributed by atoms with E-state index >= 15 is 0 Å². The van der Waals surface area contributed by atoms with Crippen molar-refractivity contribution < 1.29 is 36.6 Å². The third kappa shape index (κ3) is 4.13. The Morgan fingerprint density at radius 3 is 2.30 bits per heavy atom. The molecule has 30 heavy (non-hydrogen) atoms. The number of benzene rings is 2. The first-order valence-electron chi connectivity index (χ1n) is 9.27. The molecule has 0 aliphatic carbocycles. The molecule has 2 heterocycles. The van der Waals surface area contributed by atoms with Gasteiger partial charge >= 0.3 is 0 Å². The van der Waals surface area contributed by atoms with Crippen molar-refractivity contribution in [2.24, 2.45) is 0 Å². The minimum Gasteiger partial charge on any atom is -0.477 e. The summed E-state index contributed by atoms with van der Waals surface area (Å²) < 4.78 is 69.1. The zero-order valence-corrected chi connectivity index (χ0v) is 15.8. The van der Waals surface area contributed by atoms with E-state index in [0.29, 0.717) is 44.2 Å². The van der Waals surface area contributed by atoms with Crippen LogP contribution in [0.4, 0.5) is 17.6 Å². The molecule has 2 aromatic rings. The van der Waals surface area contributed by atoms with Crippen LogP contribution in [0.1, 0.15) is 5.56 Å². The first kappa shape index (κ1) is 20.3. The summed E-state index contributed by atoms with van der Waals surface area (Å²) in [6.07, 6.45) is 0. The number of carbonyl (C=O) groups is 1. The fraction of sp³-hybridized carbons (Fsp3) is 0.350. The first-order valence-corrected chi connectivity index (χ1v) is 9.27. The highest BCUT2D eigenvalue weighted by molar-refractivity contribution is 5.77. The van der Waals surface area contributed by atoms with E-state index in [1.165, 1.54) is 4.90 Å². The highest BCUT2D eigenvalue weighted by atomic mass is 19.2. The van der Waals surface area contributed by atoms with E-state index in [2.05, 4.69) is 4.90 Å². The van der Waals surface area contributed by atoms with Crippen molar-refractivity contribution in [2.45, 2.75) is 6.54 Å². The third-order valence-electron chi connectivity index (χ3n) is 4.98. The van der Waals surface area contributed by atoms with Crippen LogP contribution in [0.3, 0.4) is 0 Å². The second kappa shape index (κ2) is 8.39. The molecule has 1 saturated heterocycles. The van der Waals surface area contributed by atoms with Gasteiger partial charge in [-0.25, -0.2) is 8.78 Å². The van der Waals surface area contributed by atoms with E-state index in [4.69, 9.17) is 14.2 Å². The van der Waals surface area contributed by atoms with Crippen LogP contribution < -0.4 is 14.2 Å². The fourth-order valence-corrected chi connectivity index (χ4v) is 3.36. The highest BCUT2D eigenvalue weighted by Gasteiger charge is 2.25. The minimum absolute atomic E-state index is 0.0821. The second-order valence-electron chi connectivity index (χ2n) is 6.93. The Hall–Kier alpha value is -3.01. The standard InChI is InChI=1S/C20H18F4N2O4/c21-13-8-14(22)19(24)20(18(13)23)28-10-17(27)26-5-3-25(4-6-26)9-12-1-2-15-16(7-12)30-11-29-15/h1-2,7-8H,3-6,9-11H2. The van der Waals surface area contributed by atoms with E-state index in [1.807, 2.05) is 18.2 Å². The summed E-state index contributed by atoms with van der Waals surface area (Å²) in [5.41, 5.74) is 1.04. The maximum atomic E-state index is 13.6. The zero-order valence-electron chi connectivity index (χ0n) is 15.8. The molecule has 4 rings (SSSR count). The minimum atomic E-state index is -1.67. The monoisotopic (exact) mass is 426 g/mol. The van der Waals surface area contributed by atoms with E-state index in [0.717, 1.165) is 5.56 Å². The quantitative estimate of drug-likeness (QED) is 0.544. The van der Waals surface area contributed by atoms with Crippen molar-refractivity contribution in [3.63, 3.8) is 0 Å². The largest absolute Gasteiger partial charge is 0.477 e. The van der Waals surface area contributed by atoms with Gasteiger partial charge in [0.05, 0.1) is 0 Å². The Morgan fingerprint density at radius 2 is 1.60 bits per heavy atom. The SMILES string of the molecule is O=C(COc1c(F)c(F)cc(F)c1F)N1CCN(Cc2ccc3c(c2)OCO3)CC1. The van der Waals surface area contributed by atoms with Gasteiger partial charge in [0.25, 0.3) is 5.91 Å². The van der Waals surface area contributed by atoms with Crippen LogP contribution in [-0.2, 0) is 11.3 Å². The number of fused-ring (bicyclic) bond motifs is 1. The molecule has 2 aromatic carbocycles. The number of amides is 1. The molecule has 1 fully saturated rings. The summed E-state index contributed by atoms with van der Waals surface area (Å²) >= 11 is 0. The molecule has 6 nitrogen and oxygen atoms in total. The van der Waals surface area contributed by atoms with Crippen molar-refractivity contribution >= 4 is 5.91 Å². The summed E-state index contributed by atoms with van der Waals surface area (Å²) in [5.74, 6) is -6.87. The molecule has 160 valence electrons. The van der Waals surface area contributed by atoms with E-state index < -0.39 is 41.5 Å². The number of rotatable bonds is 5. The molecular weight excluding hydrogens is 408 g/mol. The van der Waals surface area contributed by atoms with Crippen molar-refractivity contribution in [3.05, 3.63) is 53.1 Å². The molecule has 0 N–H and O–H groups in total. The average molecular weight is 426 g/mol. The van der Waals surface area contributed by atoms with Gasteiger partial charge in [-0.3, -0.25) is 9.69 Å². The van der Waals surface area contributed by atoms with E-state index in [1.54, 1.807) is 0 Å². The van der Waals surface area contributed by atoms with Crippen LogP contribution in [0.15, 0.2) is 24.3 Å². The topological polar surface area (TPSA) is 51.2 Å². The molecular formula is C20H18F4N2O4. The lowest BCUT2D eigenvalue weighted by Gasteiger charge is -2.34. The fourth-order valence-electron chi connectivity index (χ4n) is 3.36. The zero-order chi connectivity index (χ0) is 21.3. The summed E-state index contributed by atoms with van der Waals surface area (Å²) in [6, 6.07) is 5.79. The van der Waals surface area contributed by atoms with Crippen LogP contribution in [0.5, 0.6) is 17.2 Å². The Bertz CT molecular complexity index is 938. The number of hydrogen-bond acceptors (Lipinski definition) is 5. The lowest BCUT2D eigenvalue weighted by atomic mass is 10.1. The normalized spacial score (nSPS) is 16.1. The highest BCUT2D eigenvalue weighted by Crippen LogP contribution is 2.33. The molecule has 1 amide bonds. The summed E-state index contributed by atoms with van der Waals surface area (Å²) in [5, 5.41) is 0. The number of carbonyl (C=O) groups excluding carboxylic acids is 1. The van der Waals surface area contributed by atoms with Gasteiger partial charge in [-0.1, -0.05) is 6.07 Å². The number of piperazine rings is 1. The number of hydrogen-bond donors (Lipinski definition) is 0. The van der Waals surface area contributed by atoms with Gasteiger partial charge in [0.1, 0.15) is 0 Å². The van der Waals surface area contributed by atoms with Gasteiger partial charge in [-0.15, -0.1) is 0 Å². The molecule has 0 saturated carbocycles. The first-order chi connectivity index (χ1) is 14.4. The maximum absolute atomic E-state index is 13.6. The lowest BCUT2D eigenvalue weighted by molar-refractivity contribution is -0.135. The van der Waals surface area contributed by atoms with Crippen molar-refractivity contribution in [3.8, 4) is 17.2 Å². The van der Waals surface area contributed by atoms with Crippen LogP contribution in [0.2, 0.25) is 0 Å². The third-order valence-corrected chi connectivity index (χ3v) is 4.98. The van der Waals surface area contributed by atoms with Gasteiger partial charge in [0.15, 0.2) is 35.5 Å². The van der Waals surface area contributed by atoms with Gasteiger partial charge in [-0.2, -0.15) is 8.78 Å². The Kier molecular flexibility index (Phi) is 5.67. The molecule has 10 heteroatoms. The number of ether oxygens (including phenoxy) is 3. The van der Waals surface area contributed by atoms with Gasteiger partial charge < -0.3 is 19.1 Å². The molecule has 0 aromatic heterocycles. The lowest BCUT2D eigenvalue weighted by Crippen LogP contribution is -2.49. The summed E-state index contributed by atoms with van der Waals surface area (Å²) in [6.45, 7) is 2.07. The number of nitrogens with zero attached hydrogens (tertiary/aromatic N) is 2. The Labute approximate surface area is 169 Å². The van der Waals surface area contributed by atoms with Crippen molar-refractivity contribution in [1.29, 1.82) is 0 Å². The van der Waals surface area contributed by atoms with Crippen LogP contribution in [0.25, 0.3) is 0 Å². The van der Waals surface area contributed by atoms with E-state index in [-0.39, 0.29) is 12.9 Å². The van der Waals surface area contributed by atoms with Crippen LogP contribution in [-0.4, -0.2) is 55.3 Å². The van der Waals surface area contributed by atoms with Crippen molar-refractivity contribution in [1.82, 2.24) is 9.80 Å². The van der Waals surface area contributed by atoms with Gasteiger partial charge in [0.2, 0.25) is 18.4 Å². The molecule has 2 aliphatic heterocycles. The Balaban J connectivity index is 1.29. The predicted molar refractivity (Wildman–Crippen MR) is 96.2 cm³/mol. The predicted octanol–water partition coefficient (Wildman–Crippen LogP) is 2.69. The Morgan fingerprint density at radius 1 is 0.933 bits per heavy atom. The van der Waals surface area contributed by atoms with Gasteiger partial charge in [-0.05, 0) is 17.7 Å². The van der Waals surface area contributed by atoms with Crippen LogP contribution in [0, 0.1) is 23.3 Å². The molecule has 0 atom stereocenters. The molecule has 2 aliphatic rings.